The molecule has 1 unspecified atom stereocenters. The first-order valence-electron chi connectivity index (χ1n) is 20.7. The lowest BCUT2D eigenvalue weighted by molar-refractivity contribution is -0.161. The summed E-state index contributed by atoms with van der Waals surface area (Å²) in [6.45, 7) is 2.69. The summed E-state index contributed by atoms with van der Waals surface area (Å²) >= 11 is 0. The van der Waals surface area contributed by atoms with Gasteiger partial charge in [0, 0.05) is 12.8 Å². The quantitative estimate of drug-likeness (QED) is 0.0235. The summed E-state index contributed by atoms with van der Waals surface area (Å²) < 4.78 is 32.6. The van der Waals surface area contributed by atoms with E-state index in [9.17, 15) is 23.8 Å². The molecule has 0 radical (unpaired) electrons. The van der Waals surface area contributed by atoms with Crippen LogP contribution in [0.25, 0.3) is 0 Å². The molecule has 0 aliphatic carbocycles. The van der Waals surface area contributed by atoms with E-state index < -0.39 is 51.1 Å². The Kier molecular flexibility index (Phi) is 35.6. The molecule has 54 heavy (non-hydrogen) atoms. The van der Waals surface area contributed by atoms with E-state index in [1.165, 1.54) is 64.2 Å². The molecule has 0 heterocycles. The molecule has 0 saturated heterocycles. The van der Waals surface area contributed by atoms with Crippen LogP contribution in [0.15, 0.2) is 48.6 Å². The smallest absolute Gasteiger partial charge is 0.472 e. The highest BCUT2D eigenvalue weighted by molar-refractivity contribution is 7.47. The molecule has 0 aromatic carbocycles. The van der Waals surface area contributed by atoms with Gasteiger partial charge in [-0.3, -0.25) is 23.4 Å². The predicted molar refractivity (Wildman–Crippen MR) is 217 cm³/mol. The molecule has 4 N–H and O–H groups in total. The summed E-state index contributed by atoms with van der Waals surface area (Å²) in [4.78, 5) is 45.8. The number of hydrogen-bond donors (Lipinski definition) is 3. The number of phosphoric ester groups is 1. The van der Waals surface area contributed by atoms with Crippen LogP contribution in [0.5, 0.6) is 0 Å². The second kappa shape index (κ2) is 37.4. The van der Waals surface area contributed by atoms with Crippen molar-refractivity contribution in [2.24, 2.45) is 5.73 Å². The molecule has 0 aliphatic rings. The van der Waals surface area contributed by atoms with Crippen LogP contribution in [-0.4, -0.2) is 59.9 Å². The first-order chi connectivity index (χ1) is 26.1. The van der Waals surface area contributed by atoms with Crippen molar-refractivity contribution < 1.29 is 47.5 Å². The van der Waals surface area contributed by atoms with Gasteiger partial charge in [-0.1, -0.05) is 152 Å². The van der Waals surface area contributed by atoms with Gasteiger partial charge in [-0.25, -0.2) is 4.57 Å². The average Bonchev–Trinajstić information content (AvgIpc) is 3.14. The van der Waals surface area contributed by atoms with Crippen molar-refractivity contribution in [3.05, 3.63) is 48.6 Å². The molecule has 0 spiro atoms. The van der Waals surface area contributed by atoms with Crippen LogP contribution in [0.3, 0.4) is 0 Å². The fourth-order valence-corrected chi connectivity index (χ4v) is 6.07. The van der Waals surface area contributed by atoms with Crippen molar-refractivity contribution >= 4 is 25.7 Å². The van der Waals surface area contributed by atoms with Crippen molar-refractivity contribution in [3.8, 4) is 0 Å². The molecule has 0 aromatic heterocycles. The summed E-state index contributed by atoms with van der Waals surface area (Å²) in [5, 5.41) is 8.87. The number of unbranched alkanes of at least 4 members (excludes halogenated alkanes) is 16. The first-order valence-corrected chi connectivity index (χ1v) is 22.2. The topological polar surface area (TPSA) is 172 Å². The number of aliphatic carboxylic acids is 1. The Hall–Kier alpha value is -2.56. The molecule has 0 bridgehead atoms. The summed E-state index contributed by atoms with van der Waals surface area (Å²) in [5.74, 6) is -2.42. The molecule has 0 aliphatic heterocycles. The zero-order chi connectivity index (χ0) is 40.0. The third-order valence-electron chi connectivity index (χ3n) is 8.56. The van der Waals surface area contributed by atoms with Crippen molar-refractivity contribution in [2.75, 3.05) is 19.8 Å². The van der Waals surface area contributed by atoms with Crippen molar-refractivity contribution in [1.82, 2.24) is 0 Å². The molecule has 0 fully saturated rings. The molecule has 0 saturated carbocycles. The average molecular weight is 784 g/mol. The zero-order valence-corrected chi connectivity index (χ0v) is 34.4. The van der Waals surface area contributed by atoms with E-state index in [-0.39, 0.29) is 19.4 Å². The second-order valence-electron chi connectivity index (χ2n) is 13.8. The number of rotatable bonds is 38. The number of allylic oxidation sites excluding steroid dienone is 8. The van der Waals surface area contributed by atoms with E-state index in [2.05, 4.69) is 67.0 Å². The maximum absolute atomic E-state index is 12.6. The van der Waals surface area contributed by atoms with E-state index in [0.717, 1.165) is 64.2 Å². The number of carboxylic acids is 1. The number of ether oxygens (including phenoxy) is 2. The Morgan fingerprint density at radius 3 is 1.54 bits per heavy atom. The van der Waals surface area contributed by atoms with Gasteiger partial charge in [0.25, 0.3) is 0 Å². The van der Waals surface area contributed by atoms with Crippen LogP contribution < -0.4 is 5.73 Å². The second-order valence-corrected chi connectivity index (χ2v) is 15.2. The van der Waals surface area contributed by atoms with Gasteiger partial charge < -0.3 is 25.2 Å². The lowest BCUT2D eigenvalue weighted by Crippen LogP contribution is -2.34. The zero-order valence-electron chi connectivity index (χ0n) is 33.6. The van der Waals surface area contributed by atoms with Crippen LogP contribution in [0.1, 0.15) is 168 Å². The minimum absolute atomic E-state index is 0.155. The maximum Gasteiger partial charge on any atom is 0.472 e. The van der Waals surface area contributed by atoms with Gasteiger partial charge in [-0.15, -0.1) is 0 Å². The highest BCUT2D eigenvalue weighted by Gasteiger charge is 2.28. The minimum Gasteiger partial charge on any atom is -0.480 e. The van der Waals surface area contributed by atoms with Crippen LogP contribution >= 0.6 is 7.82 Å². The molecule has 0 amide bonds. The van der Waals surface area contributed by atoms with Gasteiger partial charge in [-0.2, -0.15) is 0 Å². The standard InChI is InChI=1S/C42H74NO10P/c1-3-5-7-9-11-13-15-17-18-19-20-22-23-25-27-29-31-33-40(44)50-35-38(36-51-54(48,49)52-37-39(43)42(46)47)53-41(45)34-32-30-28-26-24-21-16-14-12-10-8-6-4-2/h7,9,13,15,18-19,22-23,38-39H,3-6,8,10-12,14,16-17,20-21,24-37,43H2,1-2H3,(H,46,47)(H,48,49)/b9-7+,15-13+,19-18+,23-22+/t38-,39+/m1/s1. The lowest BCUT2D eigenvalue weighted by Gasteiger charge is -2.20. The van der Waals surface area contributed by atoms with Gasteiger partial charge in [0.2, 0.25) is 0 Å². The van der Waals surface area contributed by atoms with E-state index in [1.54, 1.807) is 0 Å². The molecule has 0 aromatic rings. The summed E-state index contributed by atoms with van der Waals surface area (Å²) in [6, 6.07) is -1.53. The predicted octanol–water partition coefficient (Wildman–Crippen LogP) is 10.6. The highest BCUT2D eigenvalue weighted by Crippen LogP contribution is 2.43. The largest absolute Gasteiger partial charge is 0.480 e. The van der Waals surface area contributed by atoms with Crippen LogP contribution in [0, 0.1) is 0 Å². The Balaban J connectivity index is 4.45. The fraction of sp³-hybridized carbons (Fsp3) is 0.738. The van der Waals surface area contributed by atoms with Gasteiger partial charge in [0.15, 0.2) is 6.10 Å². The Morgan fingerprint density at radius 1 is 0.574 bits per heavy atom. The van der Waals surface area contributed by atoms with Gasteiger partial charge >= 0.3 is 25.7 Å². The summed E-state index contributed by atoms with van der Waals surface area (Å²) in [6.07, 6.45) is 40.3. The van der Waals surface area contributed by atoms with E-state index in [1.807, 2.05) is 0 Å². The number of carboxylic acid groups (broad SMARTS) is 1. The van der Waals surface area contributed by atoms with Gasteiger partial charge in [0.05, 0.1) is 13.2 Å². The van der Waals surface area contributed by atoms with Gasteiger partial charge in [0.1, 0.15) is 12.6 Å². The summed E-state index contributed by atoms with van der Waals surface area (Å²) in [7, 11) is -4.72. The van der Waals surface area contributed by atoms with E-state index in [0.29, 0.717) is 12.8 Å². The van der Waals surface area contributed by atoms with Crippen molar-refractivity contribution in [2.45, 2.75) is 180 Å². The van der Waals surface area contributed by atoms with Crippen LogP contribution in [0.4, 0.5) is 0 Å². The first kappa shape index (κ1) is 51.4. The monoisotopic (exact) mass is 784 g/mol. The number of phosphoric acid groups is 1. The Labute approximate surface area is 326 Å². The fourth-order valence-electron chi connectivity index (χ4n) is 5.29. The molecule has 0 rings (SSSR count). The third-order valence-corrected chi connectivity index (χ3v) is 9.51. The summed E-state index contributed by atoms with van der Waals surface area (Å²) in [5.41, 5.74) is 5.32. The molecule has 11 nitrogen and oxygen atoms in total. The molecule has 312 valence electrons. The molecule has 12 heteroatoms. The number of hydrogen-bond acceptors (Lipinski definition) is 9. The Bertz CT molecular complexity index is 1110. The molecule has 3 atom stereocenters. The number of nitrogens with two attached hydrogens (primary N) is 1. The van der Waals surface area contributed by atoms with Crippen LogP contribution in [-0.2, 0) is 37.5 Å². The minimum atomic E-state index is -4.72. The maximum atomic E-state index is 12.6. The number of esters is 2. The van der Waals surface area contributed by atoms with Crippen LogP contribution in [0.2, 0.25) is 0 Å². The molecular weight excluding hydrogens is 709 g/mol. The Morgan fingerprint density at radius 2 is 1.02 bits per heavy atom. The van der Waals surface area contributed by atoms with Crippen molar-refractivity contribution in [3.63, 3.8) is 0 Å². The van der Waals surface area contributed by atoms with E-state index >= 15 is 0 Å². The van der Waals surface area contributed by atoms with E-state index in [4.69, 9.17) is 24.8 Å². The normalized spacial score (nSPS) is 14.3. The highest BCUT2D eigenvalue weighted by atomic mass is 31.2. The van der Waals surface area contributed by atoms with Gasteiger partial charge in [-0.05, 0) is 51.4 Å². The number of carbonyl (C=O) groups is 3. The van der Waals surface area contributed by atoms with Crippen molar-refractivity contribution in [1.29, 1.82) is 0 Å². The SMILES string of the molecule is CCC/C=C/C/C=C/C/C=C/C/C=C/CCCCCC(=O)OC[C@H](COP(=O)(O)OC[C@H](N)C(=O)O)OC(=O)CCCCCCCCCCCCCCC. The molecular formula is C42H74NO10P. The number of carbonyl (C=O) groups excluding carboxylic acids is 2. The third kappa shape index (κ3) is 36.4. The lowest BCUT2D eigenvalue weighted by atomic mass is 10.0.